The van der Waals surface area contributed by atoms with Crippen molar-refractivity contribution in [2.24, 2.45) is 0 Å². The van der Waals surface area contributed by atoms with Gasteiger partial charge in [-0.25, -0.2) is 9.59 Å². The molecule has 0 aliphatic heterocycles. The Hall–Kier alpha value is -1.20. The third-order valence-electron chi connectivity index (χ3n) is 1.47. The normalized spacial score (nSPS) is 9.20. The number of rotatable bonds is 3. The largest absolute Gasteiger partial charge is 0.638 e. The fourth-order valence-electron chi connectivity index (χ4n) is 0.939. The Bertz CT molecular complexity index is 341. The second-order valence-corrected chi connectivity index (χ2v) is 3.07. The summed E-state index contributed by atoms with van der Waals surface area (Å²) in [5, 5.41) is 0. The van der Waals surface area contributed by atoms with Crippen LogP contribution in [0.4, 0.5) is 9.59 Å². The average molecular weight is 247 g/mol. The molecule has 0 N–H and O–H groups in total. The van der Waals surface area contributed by atoms with E-state index in [0.29, 0.717) is 5.46 Å². The quantitative estimate of drug-likeness (QED) is 0.606. The second-order valence-electron chi connectivity index (χ2n) is 2.45. The Morgan fingerprint density at radius 1 is 1.00 bits per heavy atom. The minimum absolute atomic E-state index is 0.459. The van der Waals surface area contributed by atoms with Gasteiger partial charge < -0.3 is 9.31 Å². The van der Waals surface area contributed by atoms with Crippen LogP contribution < -0.4 is 5.46 Å². The molecule has 0 aliphatic rings. The molecule has 78 valence electrons. The molecule has 1 aromatic carbocycles. The fraction of sp³-hybridized carbons (Fsp3) is 0. The lowest BCUT2D eigenvalue weighted by Gasteiger charge is -2.09. The van der Waals surface area contributed by atoms with Crippen LogP contribution >= 0.6 is 23.2 Å². The molecule has 0 spiro atoms. The Morgan fingerprint density at radius 2 is 1.47 bits per heavy atom. The van der Waals surface area contributed by atoms with E-state index < -0.39 is 18.0 Å². The summed E-state index contributed by atoms with van der Waals surface area (Å²) in [6.45, 7) is 0. The fourth-order valence-corrected chi connectivity index (χ4v) is 1.10. The van der Waals surface area contributed by atoms with E-state index in [9.17, 15) is 9.59 Å². The van der Waals surface area contributed by atoms with Crippen molar-refractivity contribution >= 4 is 46.6 Å². The van der Waals surface area contributed by atoms with Gasteiger partial charge in [-0.05, 0) is 0 Å². The number of benzene rings is 1. The Kier molecular flexibility index (Phi) is 4.46. The van der Waals surface area contributed by atoms with Gasteiger partial charge in [0.25, 0.3) is 0 Å². The van der Waals surface area contributed by atoms with E-state index in [1.807, 2.05) is 0 Å². The first-order chi connectivity index (χ1) is 7.09. The van der Waals surface area contributed by atoms with Crippen LogP contribution in [0.2, 0.25) is 0 Å². The summed E-state index contributed by atoms with van der Waals surface area (Å²) in [6, 6.07) is 8.33. The highest BCUT2D eigenvalue weighted by Crippen LogP contribution is 2.00. The molecule has 0 radical (unpaired) electrons. The van der Waals surface area contributed by atoms with E-state index in [2.05, 4.69) is 9.31 Å². The highest BCUT2D eigenvalue weighted by molar-refractivity contribution is 6.74. The van der Waals surface area contributed by atoms with Crippen LogP contribution in [0.3, 0.4) is 0 Å². The SMILES string of the molecule is O=C(Cl)OB(OC(=O)Cl)c1ccccc1. The number of halogens is 2. The van der Waals surface area contributed by atoms with Crippen molar-refractivity contribution in [1.29, 1.82) is 0 Å². The first kappa shape index (κ1) is 11.9. The van der Waals surface area contributed by atoms with Crippen molar-refractivity contribution in [1.82, 2.24) is 0 Å². The standard InChI is InChI=1S/C8H5BCl2O4/c10-7(12)14-9(15-8(11)13)6-4-2-1-3-5-6/h1-5H. The Morgan fingerprint density at radius 3 is 1.87 bits per heavy atom. The first-order valence-corrected chi connectivity index (χ1v) is 4.62. The van der Waals surface area contributed by atoms with Crippen molar-refractivity contribution in [3.63, 3.8) is 0 Å². The van der Waals surface area contributed by atoms with Gasteiger partial charge in [0.15, 0.2) is 0 Å². The summed E-state index contributed by atoms with van der Waals surface area (Å²) in [4.78, 5) is 21.0. The third-order valence-corrected chi connectivity index (χ3v) is 1.65. The highest BCUT2D eigenvalue weighted by atomic mass is 35.5. The molecular weight excluding hydrogens is 242 g/mol. The van der Waals surface area contributed by atoms with Gasteiger partial charge in [0.2, 0.25) is 0 Å². The summed E-state index contributed by atoms with van der Waals surface area (Å²) >= 11 is 10.0. The van der Waals surface area contributed by atoms with E-state index in [4.69, 9.17) is 23.2 Å². The van der Waals surface area contributed by atoms with Crippen molar-refractivity contribution < 1.29 is 18.9 Å². The highest BCUT2D eigenvalue weighted by Gasteiger charge is 2.29. The van der Waals surface area contributed by atoms with E-state index in [1.165, 1.54) is 0 Å². The average Bonchev–Trinajstić information content (AvgIpc) is 2.17. The maximum absolute atomic E-state index is 10.5. The van der Waals surface area contributed by atoms with Crippen LogP contribution in [0.25, 0.3) is 0 Å². The predicted octanol–water partition coefficient (Wildman–Crippen LogP) is 2.13. The van der Waals surface area contributed by atoms with Gasteiger partial charge >= 0.3 is 18.0 Å². The monoisotopic (exact) mass is 246 g/mol. The molecule has 0 unspecified atom stereocenters. The molecule has 0 heterocycles. The lowest BCUT2D eigenvalue weighted by molar-refractivity contribution is 0.202. The number of hydrogen-bond donors (Lipinski definition) is 0. The number of carbonyl (C=O) groups is 2. The maximum Gasteiger partial charge on any atom is 0.638 e. The smallest absolute Gasteiger partial charge is 0.483 e. The zero-order valence-electron chi connectivity index (χ0n) is 7.35. The second kappa shape index (κ2) is 5.63. The number of hydrogen-bond acceptors (Lipinski definition) is 4. The molecule has 4 nitrogen and oxygen atoms in total. The summed E-state index contributed by atoms with van der Waals surface area (Å²) in [5.74, 6) is 0. The molecule has 15 heavy (non-hydrogen) atoms. The molecular formula is C8H5BCl2O4. The van der Waals surface area contributed by atoms with Gasteiger partial charge in [0.1, 0.15) is 0 Å². The van der Waals surface area contributed by atoms with Crippen molar-refractivity contribution in [2.45, 2.75) is 0 Å². The summed E-state index contributed by atoms with van der Waals surface area (Å²) in [7, 11) is -1.22. The van der Waals surface area contributed by atoms with Crippen molar-refractivity contribution in [3.8, 4) is 0 Å². The van der Waals surface area contributed by atoms with Gasteiger partial charge in [-0.15, -0.1) is 0 Å². The molecule has 0 saturated carbocycles. The minimum Gasteiger partial charge on any atom is -0.483 e. The van der Waals surface area contributed by atoms with Crippen LogP contribution in [0, 0.1) is 0 Å². The van der Waals surface area contributed by atoms with Crippen LogP contribution in [-0.2, 0) is 9.31 Å². The molecule has 0 fully saturated rings. The van der Waals surface area contributed by atoms with Crippen molar-refractivity contribution in [3.05, 3.63) is 30.3 Å². The molecule has 0 amide bonds. The predicted molar refractivity (Wildman–Crippen MR) is 56.5 cm³/mol. The molecule has 7 heteroatoms. The Balaban J connectivity index is 2.81. The summed E-state index contributed by atoms with van der Waals surface area (Å²) < 4.78 is 9.09. The van der Waals surface area contributed by atoms with E-state index in [1.54, 1.807) is 30.3 Å². The molecule has 0 saturated heterocycles. The summed E-state index contributed by atoms with van der Waals surface area (Å²) in [6.07, 6.45) is 0. The minimum atomic E-state index is -1.22. The van der Waals surface area contributed by atoms with Crippen molar-refractivity contribution in [2.75, 3.05) is 0 Å². The van der Waals surface area contributed by atoms with E-state index in [-0.39, 0.29) is 0 Å². The number of carbonyl (C=O) groups excluding carboxylic acids is 2. The van der Waals surface area contributed by atoms with Gasteiger partial charge in [-0.3, -0.25) is 0 Å². The lowest BCUT2D eigenvalue weighted by atomic mass is 9.79. The van der Waals surface area contributed by atoms with Crippen LogP contribution in [-0.4, -0.2) is 18.0 Å². The van der Waals surface area contributed by atoms with Crippen LogP contribution in [0.5, 0.6) is 0 Å². The summed E-state index contributed by atoms with van der Waals surface area (Å²) in [5.41, 5.74) is -1.70. The Labute approximate surface area is 96.2 Å². The maximum atomic E-state index is 10.5. The first-order valence-electron chi connectivity index (χ1n) is 3.87. The molecule has 1 rings (SSSR count). The molecule has 0 aromatic heterocycles. The van der Waals surface area contributed by atoms with Gasteiger partial charge in [0.05, 0.1) is 0 Å². The topological polar surface area (TPSA) is 52.6 Å². The molecule has 0 aliphatic carbocycles. The van der Waals surface area contributed by atoms with Gasteiger partial charge in [-0.2, -0.15) is 0 Å². The zero-order valence-corrected chi connectivity index (χ0v) is 8.86. The van der Waals surface area contributed by atoms with Gasteiger partial charge in [-0.1, -0.05) is 30.3 Å². The van der Waals surface area contributed by atoms with E-state index >= 15 is 0 Å². The van der Waals surface area contributed by atoms with E-state index in [0.717, 1.165) is 0 Å². The third kappa shape index (κ3) is 4.23. The zero-order chi connectivity index (χ0) is 11.3. The molecule has 1 aromatic rings. The molecule has 0 atom stereocenters. The van der Waals surface area contributed by atoms with Crippen LogP contribution in [0.15, 0.2) is 30.3 Å². The molecule has 0 bridgehead atoms. The lowest BCUT2D eigenvalue weighted by Crippen LogP contribution is -2.38. The van der Waals surface area contributed by atoms with Gasteiger partial charge in [0, 0.05) is 28.7 Å². The van der Waals surface area contributed by atoms with Crippen LogP contribution in [0.1, 0.15) is 0 Å².